The van der Waals surface area contributed by atoms with E-state index in [1.165, 1.54) is 0 Å². The Morgan fingerprint density at radius 3 is 2.75 bits per heavy atom. The molecule has 6 heteroatoms. The lowest BCUT2D eigenvalue weighted by Crippen LogP contribution is -2.34. The van der Waals surface area contributed by atoms with Crippen molar-refractivity contribution in [3.05, 3.63) is 29.8 Å². The highest BCUT2D eigenvalue weighted by atomic mass is 16.2. The fourth-order valence-corrected chi connectivity index (χ4v) is 1.59. The fourth-order valence-electron chi connectivity index (χ4n) is 1.59. The molecule has 106 valence electrons. The molecule has 0 heterocycles. The van der Waals surface area contributed by atoms with Gasteiger partial charge in [0.1, 0.15) is 0 Å². The van der Waals surface area contributed by atoms with E-state index in [4.69, 9.17) is 5.26 Å². The van der Waals surface area contributed by atoms with Gasteiger partial charge in [-0.15, -0.1) is 0 Å². The van der Waals surface area contributed by atoms with Crippen molar-refractivity contribution in [3.8, 4) is 6.07 Å². The minimum Gasteiger partial charge on any atom is -0.358 e. The number of carbonyl (C=O) groups excluding carboxylic acids is 2. The van der Waals surface area contributed by atoms with Crippen molar-refractivity contribution in [2.45, 2.75) is 6.42 Å². The van der Waals surface area contributed by atoms with Gasteiger partial charge >= 0.3 is 0 Å². The second-order valence-electron chi connectivity index (χ2n) is 4.40. The maximum absolute atomic E-state index is 11.8. The molecule has 1 aromatic carbocycles. The maximum Gasteiger partial charge on any atom is 0.233 e. The van der Waals surface area contributed by atoms with E-state index in [-0.39, 0.29) is 24.8 Å². The van der Waals surface area contributed by atoms with E-state index in [9.17, 15) is 9.59 Å². The van der Waals surface area contributed by atoms with Gasteiger partial charge in [0, 0.05) is 25.7 Å². The van der Waals surface area contributed by atoms with E-state index in [2.05, 4.69) is 10.6 Å². The second-order valence-corrected chi connectivity index (χ2v) is 4.40. The van der Waals surface area contributed by atoms with E-state index in [1.807, 2.05) is 6.07 Å². The Balaban J connectivity index is 2.40. The van der Waals surface area contributed by atoms with E-state index in [0.717, 1.165) is 0 Å². The van der Waals surface area contributed by atoms with Crippen LogP contribution in [-0.4, -0.2) is 43.9 Å². The average molecular weight is 274 g/mol. The van der Waals surface area contributed by atoms with Gasteiger partial charge < -0.3 is 10.6 Å². The number of carbonyl (C=O) groups is 2. The molecule has 20 heavy (non-hydrogen) atoms. The molecule has 0 aliphatic carbocycles. The van der Waals surface area contributed by atoms with Crippen LogP contribution in [0.4, 0.5) is 5.69 Å². The minimum absolute atomic E-state index is 0.0883. The van der Waals surface area contributed by atoms with Gasteiger partial charge in [0.25, 0.3) is 0 Å². The fraction of sp³-hybridized carbons (Fsp3) is 0.357. The van der Waals surface area contributed by atoms with Gasteiger partial charge in [-0.3, -0.25) is 14.5 Å². The van der Waals surface area contributed by atoms with Gasteiger partial charge in [-0.25, -0.2) is 0 Å². The standard InChI is InChI=1S/C14H18N4O2/c1-16-14(20)10-18(2)7-6-13(19)17-12-5-3-4-11(8-12)9-15/h3-5,8H,6-7,10H2,1-2H3,(H,16,20)(H,17,19). The van der Waals surface area contributed by atoms with Crippen molar-refractivity contribution in [2.75, 3.05) is 32.5 Å². The lowest BCUT2D eigenvalue weighted by atomic mass is 10.2. The van der Waals surface area contributed by atoms with Gasteiger partial charge in [0.15, 0.2) is 0 Å². The number of amides is 2. The summed E-state index contributed by atoms with van der Waals surface area (Å²) in [6, 6.07) is 8.75. The molecule has 0 atom stereocenters. The smallest absolute Gasteiger partial charge is 0.233 e. The first-order valence-electron chi connectivity index (χ1n) is 6.24. The van der Waals surface area contributed by atoms with E-state index < -0.39 is 0 Å². The molecular formula is C14H18N4O2. The van der Waals surface area contributed by atoms with Crippen LogP contribution in [0.2, 0.25) is 0 Å². The Morgan fingerprint density at radius 1 is 1.35 bits per heavy atom. The van der Waals surface area contributed by atoms with Crippen LogP contribution >= 0.6 is 0 Å². The second kappa shape index (κ2) is 7.92. The quantitative estimate of drug-likeness (QED) is 0.794. The number of anilines is 1. The van der Waals surface area contributed by atoms with Crippen LogP contribution in [0, 0.1) is 11.3 Å². The summed E-state index contributed by atoms with van der Waals surface area (Å²) in [5.74, 6) is -0.238. The molecule has 1 rings (SSSR count). The molecule has 2 amide bonds. The van der Waals surface area contributed by atoms with Crippen LogP contribution in [-0.2, 0) is 9.59 Å². The Hall–Kier alpha value is -2.39. The monoisotopic (exact) mass is 274 g/mol. The van der Waals surface area contributed by atoms with Gasteiger partial charge in [-0.1, -0.05) is 6.07 Å². The van der Waals surface area contributed by atoms with E-state index in [0.29, 0.717) is 17.8 Å². The van der Waals surface area contributed by atoms with Crippen LogP contribution < -0.4 is 10.6 Å². The third-order valence-corrected chi connectivity index (χ3v) is 2.69. The van der Waals surface area contributed by atoms with Crippen molar-refractivity contribution in [1.29, 1.82) is 5.26 Å². The predicted molar refractivity (Wildman–Crippen MR) is 76.0 cm³/mol. The van der Waals surface area contributed by atoms with Crippen molar-refractivity contribution >= 4 is 17.5 Å². The van der Waals surface area contributed by atoms with Gasteiger partial charge in [0.05, 0.1) is 18.2 Å². The zero-order valence-electron chi connectivity index (χ0n) is 11.6. The van der Waals surface area contributed by atoms with E-state index >= 15 is 0 Å². The minimum atomic E-state index is -0.149. The third kappa shape index (κ3) is 5.50. The first kappa shape index (κ1) is 15.7. The Kier molecular flexibility index (Phi) is 6.20. The molecule has 0 bridgehead atoms. The van der Waals surface area contributed by atoms with E-state index in [1.54, 1.807) is 43.3 Å². The van der Waals surface area contributed by atoms with Gasteiger partial charge in [-0.2, -0.15) is 5.26 Å². The highest BCUT2D eigenvalue weighted by Crippen LogP contribution is 2.09. The SMILES string of the molecule is CNC(=O)CN(C)CCC(=O)Nc1cccc(C#N)c1. The highest BCUT2D eigenvalue weighted by molar-refractivity contribution is 5.91. The van der Waals surface area contributed by atoms with Crippen LogP contribution in [0.5, 0.6) is 0 Å². The molecular weight excluding hydrogens is 256 g/mol. The largest absolute Gasteiger partial charge is 0.358 e. The first-order chi connectivity index (χ1) is 9.55. The molecule has 2 N–H and O–H groups in total. The summed E-state index contributed by atoms with van der Waals surface area (Å²) in [5, 5.41) is 14.0. The molecule has 0 radical (unpaired) electrons. The number of nitrogens with zero attached hydrogens (tertiary/aromatic N) is 2. The number of nitriles is 1. The molecule has 0 aliphatic heterocycles. The molecule has 0 saturated carbocycles. The van der Waals surface area contributed by atoms with Crippen LogP contribution in [0.25, 0.3) is 0 Å². The van der Waals surface area contributed by atoms with Gasteiger partial charge in [-0.05, 0) is 25.2 Å². The first-order valence-corrected chi connectivity index (χ1v) is 6.24. The van der Waals surface area contributed by atoms with Gasteiger partial charge in [0.2, 0.25) is 11.8 Å². The summed E-state index contributed by atoms with van der Waals surface area (Å²) < 4.78 is 0. The van der Waals surface area contributed by atoms with Crippen molar-refractivity contribution < 1.29 is 9.59 Å². The Bertz CT molecular complexity index is 522. The molecule has 0 aromatic heterocycles. The molecule has 6 nitrogen and oxygen atoms in total. The predicted octanol–water partition coefficient (Wildman–Crippen LogP) is 0.565. The molecule has 0 fully saturated rings. The molecule has 1 aromatic rings. The number of benzene rings is 1. The summed E-state index contributed by atoms with van der Waals surface area (Å²) >= 11 is 0. The summed E-state index contributed by atoms with van der Waals surface area (Å²) in [4.78, 5) is 24.7. The van der Waals surface area contributed by atoms with Crippen LogP contribution in [0.3, 0.4) is 0 Å². The summed E-state index contributed by atoms with van der Waals surface area (Å²) in [5.41, 5.74) is 1.10. The molecule has 0 aliphatic rings. The van der Waals surface area contributed by atoms with Crippen molar-refractivity contribution in [2.24, 2.45) is 0 Å². The number of rotatable bonds is 6. The van der Waals surface area contributed by atoms with Crippen LogP contribution in [0.15, 0.2) is 24.3 Å². The lowest BCUT2D eigenvalue weighted by Gasteiger charge is -2.15. The van der Waals surface area contributed by atoms with Crippen molar-refractivity contribution in [3.63, 3.8) is 0 Å². The van der Waals surface area contributed by atoms with Crippen molar-refractivity contribution in [1.82, 2.24) is 10.2 Å². The number of hydrogen-bond acceptors (Lipinski definition) is 4. The summed E-state index contributed by atoms with van der Waals surface area (Å²) in [7, 11) is 3.35. The summed E-state index contributed by atoms with van der Waals surface area (Å²) in [6.07, 6.45) is 0.282. The average Bonchev–Trinajstić information content (AvgIpc) is 2.45. The lowest BCUT2D eigenvalue weighted by molar-refractivity contribution is -0.122. The normalized spacial score (nSPS) is 9.90. The molecule has 0 spiro atoms. The topological polar surface area (TPSA) is 85.2 Å². The third-order valence-electron chi connectivity index (χ3n) is 2.69. The summed E-state index contributed by atoms with van der Waals surface area (Å²) in [6.45, 7) is 0.741. The molecule has 0 saturated heterocycles. The Labute approximate surface area is 118 Å². The Morgan fingerprint density at radius 2 is 2.10 bits per heavy atom. The van der Waals surface area contributed by atoms with Crippen LogP contribution in [0.1, 0.15) is 12.0 Å². The number of hydrogen-bond donors (Lipinski definition) is 2. The number of likely N-dealkylation sites (N-methyl/N-ethyl adjacent to an activating group) is 2. The highest BCUT2D eigenvalue weighted by Gasteiger charge is 2.08. The zero-order valence-corrected chi connectivity index (χ0v) is 11.6. The zero-order chi connectivity index (χ0) is 15.0. The maximum atomic E-state index is 11.8. The number of nitrogens with one attached hydrogen (secondary N) is 2. The molecule has 0 unspecified atom stereocenters.